The van der Waals surface area contributed by atoms with E-state index in [0.29, 0.717) is 21.7 Å². The van der Waals surface area contributed by atoms with E-state index in [1.54, 1.807) is 18.2 Å². The average Bonchev–Trinajstić information content (AvgIpc) is 3.41. The van der Waals surface area contributed by atoms with Crippen LogP contribution in [0.25, 0.3) is 0 Å². The fourth-order valence-electron chi connectivity index (χ4n) is 2.90. The highest BCUT2D eigenvalue weighted by molar-refractivity contribution is 6.39. The Morgan fingerprint density at radius 3 is 2.24 bits per heavy atom. The van der Waals surface area contributed by atoms with Gasteiger partial charge in [0.2, 0.25) is 5.91 Å². The number of hydrogen-bond donors (Lipinski definition) is 2. The molecule has 3 nitrogen and oxygen atoms in total. The second-order valence-corrected chi connectivity index (χ2v) is 7.51. The van der Waals surface area contributed by atoms with Crippen molar-refractivity contribution in [2.45, 2.75) is 38.8 Å². The van der Waals surface area contributed by atoms with Gasteiger partial charge in [0.25, 0.3) is 0 Å². The van der Waals surface area contributed by atoms with Crippen LogP contribution in [0, 0.1) is 12.8 Å². The standard InChI is InChI=1S/C20H22Cl2N2O/c1-12-6-8-14(9-7-12)18(15-10-11-15)23-13(2)20(25)24-19-16(21)4-3-5-17(19)22/h3-9,13,15,18,23H,10-11H2,1-2H3,(H,24,25)/t13-,18+/m0/s1. The lowest BCUT2D eigenvalue weighted by molar-refractivity contribution is -0.118. The van der Waals surface area contributed by atoms with E-state index in [9.17, 15) is 4.79 Å². The molecule has 1 saturated carbocycles. The molecule has 1 amide bonds. The molecule has 0 aromatic heterocycles. The lowest BCUT2D eigenvalue weighted by atomic mass is 10.00. The molecule has 2 aromatic rings. The molecule has 2 atom stereocenters. The lowest BCUT2D eigenvalue weighted by Gasteiger charge is -2.24. The molecule has 3 rings (SSSR count). The molecule has 0 unspecified atom stereocenters. The van der Waals surface area contributed by atoms with Gasteiger partial charge in [-0.3, -0.25) is 10.1 Å². The maximum absolute atomic E-state index is 12.6. The van der Waals surface area contributed by atoms with E-state index in [0.717, 1.165) is 0 Å². The predicted molar refractivity (Wildman–Crippen MR) is 104 cm³/mol. The van der Waals surface area contributed by atoms with Crippen LogP contribution in [0.1, 0.15) is 36.9 Å². The Bertz CT molecular complexity index is 737. The van der Waals surface area contributed by atoms with Crippen molar-refractivity contribution in [1.29, 1.82) is 0 Å². The summed E-state index contributed by atoms with van der Waals surface area (Å²) in [6.45, 7) is 3.94. The number of benzene rings is 2. The number of para-hydroxylation sites is 1. The van der Waals surface area contributed by atoms with Gasteiger partial charge in [0.1, 0.15) is 0 Å². The summed E-state index contributed by atoms with van der Waals surface area (Å²) in [6.07, 6.45) is 2.38. The third-order valence-electron chi connectivity index (χ3n) is 4.56. The molecule has 0 bridgehead atoms. The minimum atomic E-state index is -0.362. The third kappa shape index (κ3) is 4.55. The monoisotopic (exact) mass is 376 g/mol. The molecule has 0 aliphatic heterocycles. The first-order valence-corrected chi connectivity index (χ1v) is 9.29. The zero-order valence-electron chi connectivity index (χ0n) is 14.4. The first-order chi connectivity index (χ1) is 12.0. The van der Waals surface area contributed by atoms with E-state index in [-0.39, 0.29) is 18.0 Å². The lowest BCUT2D eigenvalue weighted by Crippen LogP contribution is -2.41. The van der Waals surface area contributed by atoms with Crippen LogP contribution in [0.3, 0.4) is 0 Å². The van der Waals surface area contributed by atoms with Crippen LogP contribution in [0.5, 0.6) is 0 Å². The summed E-state index contributed by atoms with van der Waals surface area (Å²) in [5.74, 6) is 0.439. The maximum atomic E-state index is 12.6. The van der Waals surface area contributed by atoms with Crippen LogP contribution in [0.15, 0.2) is 42.5 Å². The number of carbonyl (C=O) groups excluding carboxylic acids is 1. The van der Waals surface area contributed by atoms with Gasteiger partial charge >= 0.3 is 0 Å². The van der Waals surface area contributed by atoms with Crippen LogP contribution in [-0.2, 0) is 4.79 Å². The summed E-state index contributed by atoms with van der Waals surface area (Å²) in [6, 6.07) is 13.5. The number of hydrogen-bond acceptors (Lipinski definition) is 2. The van der Waals surface area contributed by atoms with Crippen molar-refractivity contribution in [2.24, 2.45) is 5.92 Å². The van der Waals surface area contributed by atoms with Crippen LogP contribution < -0.4 is 10.6 Å². The Balaban J connectivity index is 1.70. The Kier molecular flexibility index (Phi) is 5.67. The highest BCUT2D eigenvalue weighted by Gasteiger charge is 2.34. The average molecular weight is 377 g/mol. The molecule has 132 valence electrons. The summed E-state index contributed by atoms with van der Waals surface area (Å²) in [7, 11) is 0. The number of nitrogens with one attached hydrogen (secondary N) is 2. The van der Waals surface area contributed by atoms with E-state index in [4.69, 9.17) is 23.2 Å². The highest BCUT2D eigenvalue weighted by atomic mass is 35.5. The van der Waals surface area contributed by atoms with Crippen LogP contribution in [0.4, 0.5) is 5.69 Å². The molecule has 0 spiro atoms. The first kappa shape index (κ1) is 18.2. The molecule has 25 heavy (non-hydrogen) atoms. The van der Waals surface area contributed by atoms with Gasteiger partial charge in [0.15, 0.2) is 0 Å². The van der Waals surface area contributed by atoms with Gasteiger partial charge in [-0.15, -0.1) is 0 Å². The Hall–Kier alpha value is -1.55. The van der Waals surface area contributed by atoms with Crippen molar-refractivity contribution >= 4 is 34.8 Å². The molecular weight excluding hydrogens is 355 g/mol. The van der Waals surface area contributed by atoms with Crippen LogP contribution >= 0.6 is 23.2 Å². The van der Waals surface area contributed by atoms with Gasteiger partial charge in [-0.2, -0.15) is 0 Å². The SMILES string of the molecule is Cc1ccc([C@@H](N[C@@H](C)C(=O)Nc2c(Cl)cccc2Cl)C2CC2)cc1. The van der Waals surface area contributed by atoms with Crippen molar-refractivity contribution in [3.8, 4) is 0 Å². The normalized spacial score (nSPS) is 16.3. The van der Waals surface area contributed by atoms with Gasteiger partial charge < -0.3 is 5.32 Å². The predicted octanol–water partition coefficient (Wildman–Crippen LogP) is 5.37. The summed E-state index contributed by atoms with van der Waals surface area (Å²) >= 11 is 12.3. The minimum absolute atomic E-state index is 0.146. The number of amides is 1. The van der Waals surface area contributed by atoms with Crippen molar-refractivity contribution in [3.63, 3.8) is 0 Å². The third-order valence-corrected chi connectivity index (χ3v) is 5.19. The Morgan fingerprint density at radius 1 is 1.08 bits per heavy atom. The molecular formula is C20H22Cl2N2O. The van der Waals surface area contributed by atoms with Gasteiger partial charge in [-0.25, -0.2) is 0 Å². The molecule has 2 aromatic carbocycles. The zero-order chi connectivity index (χ0) is 18.0. The molecule has 1 aliphatic carbocycles. The summed E-state index contributed by atoms with van der Waals surface area (Å²) < 4.78 is 0. The van der Waals surface area contributed by atoms with Crippen molar-refractivity contribution in [3.05, 3.63) is 63.6 Å². The molecule has 1 fully saturated rings. The Morgan fingerprint density at radius 2 is 1.68 bits per heavy atom. The number of aryl methyl sites for hydroxylation is 1. The number of anilines is 1. The van der Waals surface area contributed by atoms with E-state index in [1.165, 1.54) is 24.0 Å². The minimum Gasteiger partial charge on any atom is -0.322 e. The topological polar surface area (TPSA) is 41.1 Å². The molecule has 5 heteroatoms. The van der Waals surface area contributed by atoms with E-state index >= 15 is 0 Å². The molecule has 2 N–H and O–H groups in total. The molecule has 0 saturated heterocycles. The number of carbonyl (C=O) groups is 1. The van der Waals surface area contributed by atoms with Crippen LogP contribution in [0.2, 0.25) is 10.0 Å². The Labute approximate surface area is 158 Å². The van der Waals surface area contributed by atoms with E-state index in [1.807, 2.05) is 6.92 Å². The van der Waals surface area contributed by atoms with Crippen molar-refractivity contribution in [2.75, 3.05) is 5.32 Å². The van der Waals surface area contributed by atoms with Gasteiger partial charge in [-0.1, -0.05) is 59.1 Å². The highest BCUT2D eigenvalue weighted by Crippen LogP contribution is 2.41. The quantitative estimate of drug-likeness (QED) is 0.711. The van der Waals surface area contributed by atoms with Crippen molar-refractivity contribution < 1.29 is 4.79 Å². The fraction of sp³-hybridized carbons (Fsp3) is 0.350. The summed E-state index contributed by atoms with van der Waals surface area (Å²) in [5.41, 5.74) is 2.92. The second-order valence-electron chi connectivity index (χ2n) is 6.70. The smallest absolute Gasteiger partial charge is 0.241 e. The largest absolute Gasteiger partial charge is 0.322 e. The zero-order valence-corrected chi connectivity index (χ0v) is 15.9. The number of rotatable bonds is 6. The van der Waals surface area contributed by atoms with Crippen LogP contribution in [-0.4, -0.2) is 11.9 Å². The van der Waals surface area contributed by atoms with Crippen molar-refractivity contribution in [1.82, 2.24) is 5.32 Å². The first-order valence-electron chi connectivity index (χ1n) is 8.53. The summed E-state index contributed by atoms with van der Waals surface area (Å²) in [4.78, 5) is 12.6. The van der Waals surface area contributed by atoms with E-state index < -0.39 is 0 Å². The van der Waals surface area contributed by atoms with Gasteiger partial charge in [-0.05, 0) is 50.3 Å². The maximum Gasteiger partial charge on any atom is 0.241 e. The van der Waals surface area contributed by atoms with Gasteiger partial charge in [0.05, 0.1) is 21.8 Å². The fourth-order valence-corrected chi connectivity index (χ4v) is 3.39. The molecule has 1 aliphatic rings. The number of halogens is 2. The van der Waals surface area contributed by atoms with E-state index in [2.05, 4.69) is 41.8 Å². The van der Waals surface area contributed by atoms with Gasteiger partial charge in [0, 0.05) is 6.04 Å². The molecule has 0 radical (unpaired) electrons. The second kappa shape index (κ2) is 7.77. The summed E-state index contributed by atoms with van der Waals surface area (Å²) in [5, 5.41) is 7.18. The molecule has 0 heterocycles.